The molecule has 104 valence electrons. The topological polar surface area (TPSA) is 29.5 Å². The van der Waals surface area contributed by atoms with E-state index in [0.29, 0.717) is 0 Å². The first kappa shape index (κ1) is 14.1. The van der Waals surface area contributed by atoms with Gasteiger partial charge in [0.05, 0.1) is 6.10 Å². The van der Waals surface area contributed by atoms with E-state index >= 15 is 0 Å². The molecular weight excluding hydrogens is 279 g/mol. The number of hydrogen-bond acceptors (Lipinski definition) is 3. The molecular formula is C12H12F3NO2S. The third kappa shape index (κ3) is 4.36. The molecule has 0 spiro atoms. The van der Waals surface area contributed by atoms with E-state index in [1.165, 1.54) is 22.3 Å². The van der Waals surface area contributed by atoms with Crippen LogP contribution in [-0.2, 0) is 9.53 Å². The zero-order chi connectivity index (χ0) is 13.9. The van der Waals surface area contributed by atoms with Crippen LogP contribution < -0.4 is 0 Å². The Morgan fingerprint density at radius 2 is 2.26 bits per heavy atom. The highest BCUT2D eigenvalue weighted by Gasteiger charge is 2.35. The summed E-state index contributed by atoms with van der Waals surface area (Å²) in [5, 5.41) is 1.90. The summed E-state index contributed by atoms with van der Waals surface area (Å²) >= 11 is 1.51. The first-order valence-electron chi connectivity index (χ1n) is 5.63. The molecule has 1 aliphatic heterocycles. The fourth-order valence-corrected chi connectivity index (χ4v) is 2.20. The van der Waals surface area contributed by atoms with Crippen LogP contribution in [0.1, 0.15) is 4.88 Å². The Balaban J connectivity index is 1.70. The molecule has 19 heavy (non-hydrogen) atoms. The van der Waals surface area contributed by atoms with Gasteiger partial charge in [0.2, 0.25) is 5.91 Å². The lowest BCUT2D eigenvalue weighted by Crippen LogP contribution is -2.54. The molecule has 0 saturated carbocycles. The number of hydrogen-bond donors (Lipinski definition) is 0. The summed E-state index contributed by atoms with van der Waals surface area (Å²) in [6, 6.07) is 3.75. The van der Waals surface area contributed by atoms with E-state index in [0.717, 1.165) is 4.88 Å². The molecule has 7 heteroatoms. The molecule has 1 amide bonds. The van der Waals surface area contributed by atoms with E-state index in [1.54, 1.807) is 6.08 Å². The summed E-state index contributed by atoms with van der Waals surface area (Å²) in [6.45, 7) is -0.835. The number of halogens is 3. The first-order valence-corrected chi connectivity index (χ1v) is 6.51. The van der Waals surface area contributed by atoms with E-state index in [1.807, 2.05) is 17.5 Å². The van der Waals surface area contributed by atoms with Crippen LogP contribution in [0.3, 0.4) is 0 Å². The van der Waals surface area contributed by atoms with Crippen molar-refractivity contribution in [3.63, 3.8) is 0 Å². The lowest BCUT2D eigenvalue weighted by atomic mass is 10.1. The molecule has 0 aromatic carbocycles. The van der Waals surface area contributed by atoms with Gasteiger partial charge >= 0.3 is 6.18 Å². The number of alkyl halides is 3. The van der Waals surface area contributed by atoms with E-state index < -0.39 is 18.9 Å². The molecule has 2 rings (SSSR count). The fourth-order valence-electron chi connectivity index (χ4n) is 1.58. The quantitative estimate of drug-likeness (QED) is 0.798. The molecule has 0 N–H and O–H groups in total. The van der Waals surface area contributed by atoms with Crippen LogP contribution in [0.5, 0.6) is 0 Å². The Morgan fingerprint density at radius 3 is 2.84 bits per heavy atom. The molecule has 0 unspecified atom stereocenters. The Bertz CT molecular complexity index is 450. The largest absolute Gasteiger partial charge is 0.411 e. The zero-order valence-electron chi connectivity index (χ0n) is 9.89. The SMILES string of the molecule is O=C(/C=C/c1cccs1)N1CC(OCC(F)(F)F)C1. The molecule has 0 atom stereocenters. The van der Waals surface area contributed by atoms with Crippen LogP contribution in [-0.4, -0.2) is 42.8 Å². The van der Waals surface area contributed by atoms with Crippen LogP contribution >= 0.6 is 11.3 Å². The van der Waals surface area contributed by atoms with E-state index in [9.17, 15) is 18.0 Å². The molecule has 0 bridgehead atoms. The number of carbonyl (C=O) groups is 1. The minimum absolute atomic E-state index is 0.208. The minimum atomic E-state index is -4.32. The maximum atomic E-state index is 11.9. The molecule has 1 aromatic rings. The molecule has 2 heterocycles. The van der Waals surface area contributed by atoms with Crippen LogP contribution in [0.2, 0.25) is 0 Å². The lowest BCUT2D eigenvalue weighted by Gasteiger charge is -2.38. The summed E-state index contributed by atoms with van der Waals surface area (Å²) in [7, 11) is 0. The number of thiophene rings is 1. The Hall–Kier alpha value is -1.34. The van der Waals surface area contributed by atoms with Gasteiger partial charge in [-0.05, 0) is 17.5 Å². The van der Waals surface area contributed by atoms with Gasteiger partial charge in [-0.1, -0.05) is 6.07 Å². The van der Waals surface area contributed by atoms with Crippen molar-refractivity contribution < 1.29 is 22.7 Å². The normalized spacial score (nSPS) is 16.9. The maximum absolute atomic E-state index is 11.9. The summed E-state index contributed by atoms with van der Waals surface area (Å²) in [4.78, 5) is 14.0. The van der Waals surface area contributed by atoms with Crippen LogP contribution in [0, 0.1) is 0 Å². The Morgan fingerprint density at radius 1 is 1.53 bits per heavy atom. The Kier molecular flexibility index (Phi) is 4.26. The Labute approximate surface area is 112 Å². The van der Waals surface area contributed by atoms with Crippen molar-refractivity contribution in [1.82, 2.24) is 4.90 Å². The van der Waals surface area contributed by atoms with Crippen LogP contribution in [0.4, 0.5) is 13.2 Å². The molecule has 3 nitrogen and oxygen atoms in total. The van der Waals surface area contributed by atoms with Crippen molar-refractivity contribution >= 4 is 23.3 Å². The highest BCUT2D eigenvalue weighted by atomic mass is 32.1. The van der Waals surface area contributed by atoms with Gasteiger partial charge in [-0.15, -0.1) is 11.3 Å². The summed E-state index contributed by atoms with van der Waals surface area (Å²) in [6.07, 6.45) is -1.72. The van der Waals surface area contributed by atoms with Crippen LogP contribution in [0.15, 0.2) is 23.6 Å². The maximum Gasteiger partial charge on any atom is 0.411 e. The van der Waals surface area contributed by atoms with E-state index in [2.05, 4.69) is 4.74 Å². The number of ether oxygens (including phenoxy) is 1. The minimum Gasteiger partial charge on any atom is -0.365 e. The highest BCUT2D eigenvalue weighted by Crippen LogP contribution is 2.19. The predicted molar refractivity (Wildman–Crippen MR) is 65.7 cm³/mol. The van der Waals surface area contributed by atoms with Crippen molar-refractivity contribution in [1.29, 1.82) is 0 Å². The number of rotatable bonds is 4. The standard InChI is InChI=1S/C12H12F3NO2S/c13-12(14,15)8-18-9-6-16(7-9)11(17)4-3-10-2-1-5-19-10/h1-5,9H,6-8H2/b4-3+. The van der Waals surface area contributed by atoms with Gasteiger partial charge in [0.1, 0.15) is 6.61 Å². The second-order valence-electron chi connectivity index (χ2n) is 4.14. The van der Waals surface area contributed by atoms with E-state index in [-0.39, 0.29) is 19.0 Å². The second kappa shape index (κ2) is 5.75. The number of nitrogens with zero attached hydrogens (tertiary/aromatic N) is 1. The van der Waals surface area contributed by atoms with Gasteiger partial charge in [0, 0.05) is 24.0 Å². The van der Waals surface area contributed by atoms with Crippen molar-refractivity contribution in [2.24, 2.45) is 0 Å². The number of amides is 1. The second-order valence-corrected chi connectivity index (χ2v) is 5.12. The van der Waals surface area contributed by atoms with Crippen molar-refractivity contribution in [2.45, 2.75) is 12.3 Å². The molecule has 1 fully saturated rings. The summed E-state index contributed by atoms with van der Waals surface area (Å²) in [5.41, 5.74) is 0. The third-order valence-electron chi connectivity index (χ3n) is 2.58. The molecule has 1 aromatic heterocycles. The monoisotopic (exact) mass is 291 g/mol. The lowest BCUT2D eigenvalue weighted by molar-refractivity contribution is -0.199. The zero-order valence-corrected chi connectivity index (χ0v) is 10.7. The van der Waals surface area contributed by atoms with Crippen molar-refractivity contribution in [3.05, 3.63) is 28.5 Å². The van der Waals surface area contributed by atoms with Crippen molar-refractivity contribution in [2.75, 3.05) is 19.7 Å². The summed E-state index contributed by atoms with van der Waals surface area (Å²) in [5.74, 6) is -0.208. The summed E-state index contributed by atoms with van der Waals surface area (Å²) < 4.78 is 40.3. The predicted octanol–water partition coefficient (Wildman–Crippen LogP) is 2.55. The van der Waals surface area contributed by atoms with E-state index in [4.69, 9.17) is 0 Å². The molecule has 1 saturated heterocycles. The van der Waals surface area contributed by atoms with Gasteiger partial charge in [-0.3, -0.25) is 4.79 Å². The average molecular weight is 291 g/mol. The van der Waals surface area contributed by atoms with Gasteiger partial charge in [0.25, 0.3) is 0 Å². The van der Waals surface area contributed by atoms with Gasteiger partial charge in [-0.25, -0.2) is 0 Å². The molecule has 0 aliphatic carbocycles. The molecule has 0 radical (unpaired) electrons. The fraction of sp³-hybridized carbons (Fsp3) is 0.417. The number of carbonyl (C=O) groups excluding carboxylic acids is 1. The van der Waals surface area contributed by atoms with Gasteiger partial charge < -0.3 is 9.64 Å². The molecule has 1 aliphatic rings. The first-order chi connectivity index (χ1) is 8.94. The van der Waals surface area contributed by atoms with Gasteiger partial charge in [0.15, 0.2) is 0 Å². The highest BCUT2D eigenvalue weighted by molar-refractivity contribution is 7.10. The number of likely N-dealkylation sites (tertiary alicyclic amines) is 1. The smallest absolute Gasteiger partial charge is 0.365 e. The third-order valence-corrected chi connectivity index (χ3v) is 3.41. The van der Waals surface area contributed by atoms with Crippen LogP contribution in [0.25, 0.3) is 6.08 Å². The van der Waals surface area contributed by atoms with Gasteiger partial charge in [-0.2, -0.15) is 13.2 Å². The average Bonchev–Trinajstić information content (AvgIpc) is 2.75. The van der Waals surface area contributed by atoms with Crippen molar-refractivity contribution in [3.8, 4) is 0 Å².